The molecule has 2 aliphatic rings. The third kappa shape index (κ3) is 1.75. The first-order valence-corrected chi connectivity index (χ1v) is 7.68. The molecule has 1 atom stereocenters. The van der Waals surface area contributed by atoms with Crippen LogP contribution >= 0.6 is 11.3 Å². The summed E-state index contributed by atoms with van der Waals surface area (Å²) >= 11 is 1.82. The average Bonchev–Trinajstić information content (AvgIpc) is 3.01. The predicted octanol–water partition coefficient (Wildman–Crippen LogP) is 2.14. The lowest BCUT2D eigenvalue weighted by atomic mass is 10.1. The van der Waals surface area contributed by atoms with Gasteiger partial charge in [0, 0.05) is 18.0 Å². The lowest BCUT2D eigenvalue weighted by Gasteiger charge is -2.20. The van der Waals surface area contributed by atoms with Gasteiger partial charge < -0.3 is 10.0 Å². The van der Waals surface area contributed by atoms with Gasteiger partial charge in [-0.1, -0.05) is 0 Å². The molecule has 0 spiro atoms. The molecule has 0 saturated carbocycles. The van der Waals surface area contributed by atoms with Crippen LogP contribution in [0.5, 0.6) is 0 Å². The summed E-state index contributed by atoms with van der Waals surface area (Å²) in [4.78, 5) is 13.8. The lowest BCUT2D eigenvalue weighted by Crippen LogP contribution is -2.30. The third-order valence-electron chi connectivity index (χ3n) is 4.23. The Morgan fingerprint density at radius 3 is 3.05 bits per heavy atom. The Bertz CT molecular complexity index is 649. The monoisotopic (exact) mass is 275 g/mol. The average molecular weight is 275 g/mol. The van der Waals surface area contributed by atoms with Gasteiger partial charge in [-0.05, 0) is 38.2 Å². The Morgan fingerprint density at radius 1 is 1.37 bits per heavy atom. The molecule has 1 N–H and O–H groups in total. The van der Waals surface area contributed by atoms with Crippen molar-refractivity contribution in [1.29, 1.82) is 0 Å². The van der Waals surface area contributed by atoms with Crippen LogP contribution in [0.25, 0.3) is 10.2 Å². The van der Waals surface area contributed by atoms with Crippen LogP contribution in [0.1, 0.15) is 30.2 Å². The summed E-state index contributed by atoms with van der Waals surface area (Å²) in [5, 5.41) is 11.4. The van der Waals surface area contributed by atoms with Gasteiger partial charge in [-0.2, -0.15) is 0 Å². The van der Waals surface area contributed by atoms with E-state index in [0.29, 0.717) is 6.54 Å². The normalized spacial score (nSPS) is 26.3. The second-order valence-electron chi connectivity index (χ2n) is 5.90. The first-order chi connectivity index (χ1) is 9.14. The summed E-state index contributed by atoms with van der Waals surface area (Å²) < 4.78 is 0. The molecule has 0 aromatic carbocycles. The number of anilines is 1. The van der Waals surface area contributed by atoms with E-state index in [1.54, 1.807) is 6.33 Å². The number of aryl methyl sites for hydroxylation is 2. The van der Waals surface area contributed by atoms with Gasteiger partial charge >= 0.3 is 0 Å². The Morgan fingerprint density at radius 2 is 2.26 bits per heavy atom. The third-order valence-corrected chi connectivity index (χ3v) is 5.43. The highest BCUT2D eigenvalue weighted by atomic mass is 32.1. The number of β-amino-alcohol motifs (C(OH)–C–C–N with tert-alkyl or cyclic N) is 1. The molecule has 4 nitrogen and oxygen atoms in total. The second-order valence-corrected chi connectivity index (χ2v) is 6.99. The van der Waals surface area contributed by atoms with E-state index in [4.69, 9.17) is 0 Å². The van der Waals surface area contributed by atoms with Crippen LogP contribution in [-0.4, -0.2) is 33.8 Å². The van der Waals surface area contributed by atoms with Crippen LogP contribution in [-0.2, 0) is 12.8 Å². The standard InChI is InChI=1S/C14H17N3OS/c1-14(18)5-6-17(7-14)12-11-9-3-2-4-10(9)19-13(11)16-8-15-12/h8,18H,2-7H2,1H3. The molecule has 3 heterocycles. The van der Waals surface area contributed by atoms with Crippen molar-refractivity contribution in [3.05, 3.63) is 16.8 Å². The van der Waals surface area contributed by atoms with E-state index in [9.17, 15) is 5.11 Å². The van der Waals surface area contributed by atoms with E-state index < -0.39 is 5.60 Å². The van der Waals surface area contributed by atoms with Gasteiger partial charge in [0.25, 0.3) is 0 Å². The van der Waals surface area contributed by atoms with Gasteiger partial charge in [0.05, 0.1) is 11.0 Å². The predicted molar refractivity (Wildman–Crippen MR) is 76.9 cm³/mol. The maximum atomic E-state index is 10.2. The summed E-state index contributed by atoms with van der Waals surface area (Å²) in [6, 6.07) is 0. The molecular formula is C14H17N3OS. The molecule has 0 amide bonds. The SMILES string of the molecule is CC1(O)CCN(c2ncnc3sc4c(c23)CCC4)C1. The lowest BCUT2D eigenvalue weighted by molar-refractivity contribution is 0.0839. The molecule has 1 saturated heterocycles. The number of nitrogens with zero attached hydrogens (tertiary/aromatic N) is 3. The highest BCUT2D eigenvalue weighted by molar-refractivity contribution is 7.19. The molecule has 1 fully saturated rings. The van der Waals surface area contributed by atoms with E-state index >= 15 is 0 Å². The molecule has 1 unspecified atom stereocenters. The number of aliphatic hydroxyl groups is 1. The topological polar surface area (TPSA) is 49.2 Å². The number of hydrogen-bond acceptors (Lipinski definition) is 5. The summed E-state index contributed by atoms with van der Waals surface area (Å²) in [6.45, 7) is 3.46. The van der Waals surface area contributed by atoms with Crippen molar-refractivity contribution < 1.29 is 5.11 Å². The molecule has 5 heteroatoms. The quantitative estimate of drug-likeness (QED) is 0.866. The van der Waals surface area contributed by atoms with E-state index in [-0.39, 0.29) is 0 Å². The zero-order valence-corrected chi connectivity index (χ0v) is 11.8. The smallest absolute Gasteiger partial charge is 0.141 e. The summed E-state index contributed by atoms with van der Waals surface area (Å²) in [5.41, 5.74) is 0.873. The molecule has 19 heavy (non-hydrogen) atoms. The minimum Gasteiger partial charge on any atom is -0.388 e. The van der Waals surface area contributed by atoms with Gasteiger partial charge in [0.1, 0.15) is 17.0 Å². The van der Waals surface area contributed by atoms with E-state index in [1.807, 2.05) is 18.3 Å². The summed E-state index contributed by atoms with van der Waals surface area (Å²) in [7, 11) is 0. The van der Waals surface area contributed by atoms with Gasteiger partial charge in [0.15, 0.2) is 0 Å². The van der Waals surface area contributed by atoms with E-state index in [0.717, 1.165) is 30.0 Å². The molecule has 0 radical (unpaired) electrons. The van der Waals surface area contributed by atoms with Crippen LogP contribution in [0.4, 0.5) is 5.82 Å². The zero-order valence-electron chi connectivity index (χ0n) is 11.0. The van der Waals surface area contributed by atoms with Crippen LogP contribution in [0.3, 0.4) is 0 Å². The number of hydrogen-bond donors (Lipinski definition) is 1. The van der Waals surface area contributed by atoms with Crippen molar-refractivity contribution in [2.45, 2.75) is 38.2 Å². The van der Waals surface area contributed by atoms with Gasteiger partial charge in [-0.3, -0.25) is 0 Å². The highest BCUT2D eigenvalue weighted by Gasteiger charge is 2.34. The first-order valence-electron chi connectivity index (χ1n) is 6.87. The van der Waals surface area contributed by atoms with Crippen molar-refractivity contribution in [3.8, 4) is 0 Å². The van der Waals surface area contributed by atoms with Gasteiger partial charge in [-0.25, -0.2) is 9.97 Å². The maximum absolute atomic E-state index is 10.2. The number of fused-ring (bicyclic) bond motifs is 3. The minimum absolute atomic E-state index is 0.587. The largest absolute Gasteiger partial charge is 0.388 e. The number of rotatable bonds is 1. The molecular weight excluding hydrogens is 258 g/mol. The van der Waals surface area contributed by atoms with Crippen LogP contribution in [0.15, 0.2) is 6.33 Å². The highest BCUT2D eigenvalue weighted by Crippen LogP contribution is 2.41. The molecule has 0 bridgehead atoms. The Labute approximate surface area is 116 Å². The minimum atomic E-state index is -0.587. The number of aromatic nitrogens is 2. The van der Waals surface area contributed by atoms with Crippen molar-refractivity contribution in [3.63, 3.8) is 0 Å². The van der Waals surface area contributed by atoms with Crippen LogP contribution in [0, 0.1) is 0 Å². The summed E-state index contributed by atoms with van der Waals surface area (Å²) in [5.74, 6) is 1.03. The zero-order chi connectivity index (χ0) is 13.0. The fourth-order valence-electron chi connectivity index (χ4n) is 3.28. The van der Waals surface area contributed by atoms with Gasteiger partial charge in [-0.15, -0.1) is 11.3 Å². The maximum Gasteiger partial charge on any atom is 0.141 e. The van der Waals surface area contributed by atoms with Crippen LogP contribution < -0.4 is 4.90 Å². The summed E-state index contributed by atoms with van der Waals surface area (Å²) in [6.07, 6.45) is 6.07. The molecule has 2 aromatic rings. The van der Waals surface area contributed by atoms with E-state index in [2.05, 4.69) is 14.9 Å². The second kappa shape index (κ2) is 3.90. The molecule has 4 rings (SSSR count). The first kappa shape index (κ1) is 11.6. The van der Waals surface area contributed by atoms with Crippen molar-refractivity contribution >= 4 is 27.4 Å². The molecule has 2 aromatic heterocycles. The molecule has 1 aliphatic carbocycles. The van der Waals surface area contributed by atoms with Crippen LogP contribution in [0.2, 0.25) is 0 Å². The fourth-order valence-corrected chi connectivity index (χ4v) is 4.50. The Kier molecular flexibility index (Phi) is 2.38. The van der Waals surface area contributed by atoms with Crippen molar-refractivity contribution in [1.82, 2.24) is 9.97 Å². The van der Waals surface area contributed by atoms with Gasteiger partial charge in [0.2, 0.25) is 0 Å². The molecule has 1 aliphatic heterocycles. The fraction of sp³-hybridized carbons (Fsp3) is 0.571. The number of thiophene rings is 1. The molecule has 100 valence electrons. The van der Waals surface area contributed by atoms with E-state index in [1.165, 1.54) is 28.7 Å². The van der Waals surface area contributed by atoms with Crippen molar-refractivity contribution in [2.24, 2.45) is 0 Å². The van der Waals surface area contributed by atoms with Crippen molar-refractivity contribution in [2.75, 3.05) is 18.0 Å². The Balaban J connectivity index is 1.86. The Hall–Kier alpha value is -1.20.